The fourth-order valence-corrected chi connectivity index (χ4v) is 3.64. The van der Waals surface area contributed by atoms with Gasteiger partial charge in [0.2, 0.25) is 0 Å². The van der Waals surface area contributed by atoms with Gasteiger partial charge in [-0.25, -0.2) is 19.2 Å². The second-order valence-electron chi connectivity index (χ2n) is 8.72. The van der Waals surface area contributed by atoms with Crippen LogP contribution in [0.3, 0.4) is 0 Å². The van der Waals surface area contributed by atoms with Crippen LogP contribution in [0, 0.1) is 0 Å². The third-order valence-electron chi connectivity index (χ3n) is 5.70. The van der Waals surface area contributed by atoms with E-state index in [2.05, 4.69) is 19.7 Å². The molecule has 0 bridgehead atoms. The van der Waals surface area contributed by atoms with E-state index in [9.17, 15) is 19.2 Å². The quantitative estimate of drug-likeness (QED) is 0.135. The minimum Gasteiger partial charge on any atom is -0.423 e. The minimum absolute atomic E-state index is 0.0614. The Morgan fingerprint density at radius 1 is 0.610 bits per heavy atom. The standard InChI is InChI=1S/C33H24O8/c1-5-30(34)40-28-16-15-27(19-29(28)41-31(35)6-2)39-33(37)22-9-7-21(8-10-22)23-11-12-25-18-26(14-13-24(25)17-23)38-32(36)20(3)4/h5-19H,1-3H2,4H3. The number of rotatable bonds is 9. The summed E-state index contributed by atoms with van der Waals surface area (Å²) in [5.41, 5.74) is 2.39. The zero-order valence-corrected chi connectivity index (χ0v) is 22.0. The van der Waals surface area contributed by atoms with Crippen molar-refractivity contribution in [3.8, 4) is 34.1 Å². The zero-order chi connectivity index (χ0) is 29.5. The molecule has 8 nitrogen and oxygen atoms in total. The van der Waals surface area contributed by atoms with Crippen molar-refractivity contribution >= 4 is 34.6 Å². The van der Waals surface area contributed by atoms with Crippen LogP contribution in [0.15, 0.2) is 116 Å². The van der Waals surface area contributed by atoms with E-state index in [1.54, 1.807) is 43.3 Å². The Labute approximate surface area is 235 Å². The van der Waals surface area contributed by atoms with Crippen molar-refractivity contribution in [2.75, 3.05) is 0 Å². The number of carbonyl (C=O) groups is 4. The van der Waals surface area contributed by atoms with Crippen LogP contribution >= 0.6 is 0 Å². The molecule has 0 unspecified atom stereocenters. The highest BCUT2D eigenvalue weighted by atomic mass is 16.6. The smallest absolute Gasteiger partial charge is 0.343 e. The van der Waals surface area contributed by atoms with Gasteiger partial charge in [-0.2, -0.15) is 0 Å². The van der Waals surface area contributed by atoms with Crippen molar-refractivity contribution in [2.24, 2.45) is 0 Å². The number of hydrogen-bond donors (Lipinski definition) is 0. The third-order valence-corrected chi connectivity index (χ3v) is 5.70. The molecule has 0 amide bonds. The van der Waals surface area contributed by atoms with Crippen LogP contribution < -0.4 is 18.9 Å². The van der Waals surface area contributed by atoms with E-state index in [1.165, 1.54) is 18.2 Å². The third kappa shape index (κ3) is 7.01. The highest BCUT2D eigenvalue weighted by Crippen LogP contribution is 2.33. The Morgan fingerprint density at radius 2 is 1.17 bits per heavy atom. The Hall–Kier alpha value is -5.76. The largest absolute Gasteiger partial charge is 0.423 e. The molecule has 204 valence electrons. The van der Waals surface area contributed by atoms with Gasteiger partial charge in [0.15, 0.2) is 11.5 Å². The van der Waals surface area contributed by atoms with E-state index >= 15 is 0 Å². The van der Waals surface area contributed by atoms with E-state index in [4.69, 9.17) is 18.9 Å². The number of carbonyl (C=O) groups excluding carboxylic acids is 4. The van der Waals surface area contributed by atoms with Gasteiger partial charge in [-0.05, 0) is 71.3 Å². The first-order valence-corrected chi connectivity index (χ1v) is 12.2. The molecule has 0 N–H and O–H groups in total. The molecule has 0 aliphatic rings. The Balaban J connectivity index is 1.49. The molecule has 0 aliphatic carbocycles. The van der Waals surface area contributed by atoms with Gasteiger partial charge in [-0.3, -0.25) is 0 Å². The number of hydrogen-bond acceptors (Lipinski definition) is 8. The highest BCUT2D eigenvalue weighted by molar-refractivity contribution is 5.94. The molecule has 41 heavy (non-hydrogen) atoms. The Bertz CT molecular complexity index is 1710. The SMILES string of the molecule is C=CC(=O)Oc1ccc(OC(=O)c2ccc(-c3ccc4cc(OC(=O)C(=C)C)ccc4c3)cc2)cc1OC(=O)C=C. The maximum Gasteiger partial charge on any atom is 0.343 e. The number of benzene rings is 4. The first kappa shape index (κ1) is 28.3. The van der Waals surface area contributed by atoms with Crippen LogP contribution in [-0.4, -0.2) is 23.9 Å². The van der Waals surface area contributed by atoms with Crippen molar-refractivity contribution in [1.82, 2.24) is 0 Å². The van der Waals surface area contributed by atoms with Crippen LogP contribution in [0.25, 0.3) is 21.9 Å². The van der Waals surface area contributed by atoms with Crippen molar-refractivity contribution in [1.29, 1.82) is 0 Å². The van der Waals surface area contributed by atoms with Crippen molar-refractivity contribution in [3.63, 3.8) is 0 Å². The van der Waals surface area contributed by atoms with Gasteiger partial charge in [0.25, 0.3) is 0 Å². The van der Waals surface area contributed by atoms with Gasteiger partial charge in [0, 0.05) is 23.8 Å². The van der Waals surface area contributed by atoms with Crippen LogP contribution in [-0.2, 0) is 14.4 Å². The summed E-state index contributed by atoms with van der Waals surface area (Å²) in [7, 11) is 0. The van der Waals surface area contributed by atoms with E-state index in [0.29, 0.717) is 11.3 Å². The molecule has 0 spiro atoms. The van der Waals surface area contributed by atoms with Crippen molar-refractivity contribution < 1.29 is 38.1 Å². The molecule has 4 aromatic carbocycles. The maximum absolute atomic E-state index is 12.8. The molecule has 0 saturated carbocycles. The molecule has 0 atom stereocenters. The lowest BCUT2D eigenvalue weighted by Crippen LogP contribution is -2.11. The molecule has 4 aromatic rings. The van der Waals surface area contributed by atoms with Crippen LogP contribution in [0.4, 0.5) is 0 Å². The summed E-state index contributed by atoms with van der Waals surface area (Å²) in [5.74, 6) is -2.39. The molecular formula is C33H24O8. The summed E-state index contributed by atoms with van der Waals surface area (Å²) in [6.45, 7) is 11.8. The average Bonchev–Trinajstić information content (AvgIpc) is 2.97. The summed E-state index contributed by atoms with van der Waals surface area (Å²) in [5, 5.41) is 1.83. The van der Waals surface area contributed by atoms with Crippen LogP contribution in [0.1, 0.15) is 17.3 Å². The molecule has 8 heteroatoms. The molecule has 0 heterocycles. The molecule has 0 radical (unpaired) electrons. The predicted octanol–water partition coefficient (Wildman–Crippen LogP) is 6.39. The first-order valence-electron chi connectivity index (χ1n) is 12.2. The molecule has 4 rings (SSSR count). The Morgan fingerprint density at radius 3 is 1.83 bits per heavy atom. The number of esters is 4. The lowest BCUT2D eigenvalue weighted by Gasteiger charge is -2.11. The number of ether oxygens (including phenoxy) is 4. The van der Waals surface area contributed by atoms with E-state index in [-0.39, 0.29) is 22.8 Å². The van der Waals surface area contributed by atoms with E-state index < -0.39 is 23.9 Å². The molecule has 0 saturated heterocycles. The van der Waals surface area contributed by atoms with Gasteiger partial charge in [-0.1, -0.05) is 50.1 Å². The lowest BCUT2D eigenvalue weighted by atomic mass is 10.00. The highest BCUT2D eigenvalue weighted by Gasteiger charge is 2.16. The summed E-state index contributed by atoms with van der Waals surface area (Å²) in [6.07, 6.45) is 1.89. The minimum atomic E-state index is -0.791. The summed E-state index contributed by atoms with van der Waals surface area (Å²) in [4.78, 5) is 47.9. The van der Waals surface area contributed by atoms with Gasteiger partial charge < -0.3 is 18.9 Å². The second kappa shape index (κ2) is 12.4. The zero-order valence-electron chi connectivity index (χ0n) is 22.0. The fraction of sp³-hybridized carbons (Fsp3) is 0.0303. The summed E-state index contributed by atoms with van der Waals surface area (Å²) < 4.78 is 20.9. The first-order chi connectivity index (χ1) is 19.7. The lowest BCUT2D eigenvalue weighted by molar-refractivity contribution is -0.131. The topological polar surface area (TPSA) is 105 Å². The number of fused-ring (bicyclic) bond motifs is 1. The predicted molar refractivity (Wildman–Crippen MR) is 153 cm³/mol. The van der Waals surface area contributed by atoms with Crippen molar-refractivity contribution in [2.45, 2.75) is 6.92 Å². The van der Waals surface area contributed by atoms with E-state index in [0.717, 1.165) is 34.1 Å². The van der Waals surface area contributed by atoms with Gasteiger partial charge in [0.05, 0.1) is 5.56 Å². The van der Waals surface area contributed by atoms with Gasteiger partial charge in [0.1, 0.15) is 11.5 Å². The van der Waals surface area contributed by atoms with Crippen LogP contribution in [0.2, 0.25) is 0 Å². The molecule has 0 fully saturated rings. The molecule has 0 aromatic heterocycles. The average molecular weight is 549 g/mol. The van der Waals surface area contributed by atoms with Gasteiger partial charge in [-0.15, -0.1) is 0 Å². The normalized spacial score (nSPS) is 10.3. The van der Waals surface area contributed by atoms with Crippen LogP contribution in [0.5, 0.6) is 23.0 Å². The van der Waals surface area contributed by atoms with Gasteiger partial charge >= 0.3 is 23.9 Å². The molecule has 0 aliphatic heterocycles. The van der Waals surface area contributed by atoms with E-state index in [1.807, 2.05) is 24.3 Å². The fourth-order valence-electron chi connectivity index (χ4n) is 3.64. The van der Waals surface area contributed by atoms with Crippen molar-refractivity contribution in [3.05, 3.63) is 122 Å². The monoisotopic (exact) mass is 548 g/mol. The Kier molecular flexibility index (Phi) is 8.54. The summed E-state index contributed by atoms with van der Waals surface area (Å²) >= 11 is 0. The second-order valence-corrected chi connectivity index (χ2v) is 8.72. The molecular weight excluding hydrogens is 524 g/mol. The maximum atomic E-state index is 12.8. The summed E-state index contributed by atoms with van der Waals surface area (Å²) in [6, 6.07) is 22.0.